The molecule has 3 aromatic carbocycles. The molecule has 0 aliphatic rings. The minimum atomic E-state index is -4.59. The van der Waals surface area contributed by atoms with E-state index >= 15 is 0 Å². The van der Waals surface area contributed by atoms with Gasteiger partial charge in [-0.1, -0.05) is 40.7 Å². The molecule has 0 N–H and O–H groups in total. The summed E-state index contributed by atoms with van der Waals surface area (Å²) in [6.45, 7) is 0. The van der Waals surface area contributed by atoms with Gasteiger partial charge in [0.2, 0.25) is 11.2 Å². The second-order valence-electron chi connectivity index (χ2n) is 6.36. The maximum Gasteiger partial charge on any atom is 0.296 e. The van der Waals surface area contributed by atoms with Crippen LogP contribution in [0, 0.1) is 10.2 Å². The Morgan fingerprint density at radius 1 is 0.786 bits per heavy atom. The molecule has 0 unspecified atom stereocenters. The van der Waals surface area contributed by atoms with E-state index in [0.29, 0.717) is 5.56 Å². The molecule has 0 bridgehead atoms. The van der Waals surface area contributed by atoms with Gasteiger partial charge in [-0.15, -0.1) is 0 Å². The monoisotopic (exact) mass is 394 g/mol. The highest BCUT2D eigenvalue weighted by Crippen LogP contribution is 2.31. The molecule has 0 fully saturated rings. The predicted octanol–water partition coefficient (Wildman–Crippen LogP) is 1.26. The molecule has 0 saturated carbocycles. The Morgan fingerprint density at radius 3 is 2.25 bits per heavy atom. The number of nitrogens with zero attached hydrogens (tertiary/aromatic N) is 1. The number of para-hydroxylation sites is 1. The van der Waals surface area contributed by atoms with Crippen molar-refractivity contribution in [3.63, 3.8) is 0 Å². The molecule has 1 heterocycles. The summed E-state index contributed by atoms with van der Waals surface area (Å²) in [7, 11) is -2.62. The van der Waals surface area contributed by atoms with Crippen LogP contribution in [-0.2, 0) is 7.05 Å². The molecule has 0 atom stereocenters. The van der Waals surface area contributed by atoms with E-state index in [4.69, 9.17) is 0 Å². The maximum atomic E-state index is 11.1. The largest absolute Gasteiger partial charge is 0.296 e. The zero-order valence-corrected chi connectivity index (χ0v) is 15.8. The highest BCUT2D eigenvalue weighted by atomic mass is 35.7. The molecule has 4 aromatic rings. The first-order valence-electron chi connectivity index (χ1n) is 8.60. The van der Waals surface area contributed by atoms with Gasteiger partial charge in [-0.3, -0.25) is 0 Å². The van der Waals surface area contributed by atoms with E-state index in [2.05, 4.69) is 4.29 Å². The number of rotatable bonds is 4. The first-order chi connectivity index (χ1) is 13.4. The summed E-state index contributed by atoms with van der Waals surface area (Å²) in [5.41, 5.74) is 2.51. The first-order valence-corrected chi connectivity index (χ1v) is 9.84. The van der Waals surface area contributed by atoms with E-state index in [1.807, 2.05) is 78.4 Å². The Bertz CT molecular complexity index is 1200. The molecule has 0 spiro atoms. The van der Waals surface area contributed by atoms with E-state index in [1.54, 1.807) is 12.1 Å². The molecule has 0 radical (unpaired) electrons. The van der Waals surface area contributed by atoms with Crippen LogP contribution in [0.5, 0.6) is 5.75 Å². The van der Waals surface area contributed by atoms with Crippen LogP contribution in [0.15, 0.2) is 72.8 Å². The van der Waals surface area contributed by atoms with Crippen molar-refractivity contribution in [2.45, 2.75) is 0 Å². The number of fused-ring (bicyclic) bond motifs is 2. The normalized spacial score (nSPS) is 12.1. The summed E-state index contributed by atoms with van der Waals surface area (Å²) in [6.07, 6.45) is 3.64. The van der Waals surface area contributed by atoms with E-state index in [0.717, 1.165) is 27.4 Å². The number of pyridine rings is 1. The first kappa shape index (κ1) is 18.4. The molecule has 0 saturated heterocycles. The minimum Gasteiger partial charge on any atom is -0.195 e. The Morgan fingerprint density at radius 2 is 1.46 bits per heavy atom. The van der Waals surface area contributed by atoms with Crippen molar-refractivity contribution in [1.82, 2.24) is 0 Å². The molecule has 0 aliphatic heterocycles. The van der Waals surface area contributed by atoms with Crippen LogP contribution >= 0.6 is 0 Å². The van der Waals surface area contributed by atoms with Crippen LogP contribution in [0.4, 0.5) is 0 Å². The summed E-state index contributed by atoms with van der Waals surface area (Å²) in [6, 6.07) is 22.8. The van der Waals surface area contributed by atoms with Gasteiger partial charge in [-0.25, -0.2) is 0 Å². The molecule has 6 heteroatoms. The van der Waals surface area contributed by atoms with Crippen molar-refractivity contribution in [1.29, 1.82) is 0 Å². The summed E-state index contributed by atoms with van der Waals surface area (Å²) in [5, 5.41) is 2.82. The van der Waals surface area contributed by atoms with Crippen LogP contribution in [0.2, 0.25) is 0 Å². The fourth-order valence-corrected chi connectivity index (χ4v) is 3.65. The highest BCUT2D eigenvalue weighted by Gasteiger charge is 2.23. The smallest absolute Gasteiger partial charge is 0.195 e. The van der Waals surface area contributed by atoms with Gasteiger partial charge in [0, 0.05) is 29.2 Å². The molecule has 28 heavy (non-hydrogen) atoms. The molecule has 5 nitrogen and oxygen atoms in total. The number of hydrogen-bond donors (Lipinski definition) is 0. The molecular formula is C22H17ClNO4+. The topological polar surface area (TPSA) is 82.3 Å². The Labute approximate surface area is 164 Å². The highest BCUT2D eigenvalue weighted by molar-refractivity contribution is 5.95. The van der Waals surface area contributed by atoms with E-state index in [-0.39, 0.29) is 5.75 Å². The Hall–Kier alpha value is -2.96. The van der Waals surface area contributed by atoms with Crippen molar-refractivity contribution < 1.29 is 33.1 Å². The Balaban J connectivity index is 1.84. The number of benzene rings is 3. The quantitative estimate of drug-likeness (QED) is 0.488. The Kier molecular flexibility index (Phi) is 4.75. The maximum absolute atomic E-state index is 11.1. The molecular weight excluding hydrogens is 378 g/mol. The van der Waals surface area contributed by atoms with Crippen molar-refractivity contribution >= 4 is 33.8 Å². The average Bonchev–Trinajstić information content (AvgIpc) is 2.67. The summed E-state index contributed by atoms with van der Waals surface area (Å²) < 4.78 is 40.1. The van der Waals surface area contributed by atoms with Gasteiger partial charge in [0.15, 0.2) is 0 Å². The second-order valence-corrected chi connectivity index (χ2v) is 7.27. The lowest BCUT2D eigenvalue weighted by Gasteiger charge is -2.14. The van der Waals surface area contributed by atoms with Gasteiger partial charge < -0.3 is 0 Å². The van der Waals surface area contributed by atoms with Gasteiger partial charge in [0.25, 0.3) is 5.75 Å². The van der Waals surface area contributed by atoms with Crippen LogP contribution in [0.25, 0.3) is 33.8 Å². The van der Waals surface area contributed by atoms with Crippen molar-refractivity contribution in [3.05, 3.63) is 84.1 Å². The lowest BCUT2D eigenvalue weighted by Crippen LogP contribution is -2.63. The molecule has 140 valence electrons. The number of aryl methyl sites for hydroxylation is 1. The van der Waals surface area contributed by atoms with Crippen LogP contribution in [-0.4, -0.2) is 0 Å². The van der Waals surface area contributed by atoms with Crippen molar-refractivity contribution in [3.8, 4) is 5.75 Å². The summed E-state index contributed by atoms with van der Waals surface area (Å²) in [5.74, 6) is -0.00458. The van der Waals surface area contributed by atoms with Crippen LogP contribution in [0.1, 0.15) is 11.3 Å². The predicted molar refractivity (Wildman–Crippen MR) is 98.6 cm³/mol. The molecule has 0 aliphatic carbocycles. The third-order valence-electron chi connectivity index (χ3n) is 4.65. The second kappa shape index (κ2) is 7.22. The van der Waals surface area contributed by atoms with Gasteiger partial charge in [-0.05, 0) is 41.1 Å². The lowest BCUT2D eigenvalue weighted by atomic mass is 10.0. The lowest BCUT2D eigenvalue weighted by molar-refractivity contribution is -1.91. The zero-order chi connectivity index (χ0) is 19.7. The standard InChI is InChI=1S/C22H17ClNO4/c1-24-18(12-10-17-7-3-5-9-21(17)24)13-14-20-19-8-4-2-6-16(19)11-15-22(20)28-23(25,26)27/h2-15H,1H3/q+1. The number of aromatic nitrogens is 1. The van der Waals surface area contributed by atoms with Gasteiger partial charge in [0.05, 0.1) is 0 Å². The van der Waals surface area contributed by atoms with E-state index < -0.39 is 10.2 Å². The van der Waals surface area contributed by atoms with Crippen molar-refractivity contribution in [2.75, 3.05) is 0 Å². The SMILES string of the molecule is C[n+]1c(C=Cc2c(O[Cl+3]([O-])([O-])[O-])ccc3ccccc23)ccc2ccccc21. The van der Waals surface area contributed by atoms with E-state index in [9.17, 15) is 14.0 Å². The fourth-order valence-electron chi connectivity index (χ4n) is 3.31. The number of halogens is 1. The van der Waals surface area contributed by atoms with Gasteiger partial charge in [0.1, 0.15) is 17.3 Å². The third kappa shape index (κ3) is 3.69. The van der Waals surface area contributed by atoms with E-state index in [1.165, 1.54) is 6.07 Å². The molecule has 1 aromatic heterocycles. The van der Waals surface area contributed by atoms with Crippen molar-refractivity contribution in [2.24, 2.45) is 7.05 Å². The molecule has 4 rings (SSSR count). The minimum absolute atomic E-state index is 0.00458. The third-order valence-corrected chi connectivity index (χ3v) is 5.00. The molecule has 0 amide bonds. The average molecular weight is 395 g/mol. The zero-order valence-electron chi connectivity index (χ0n) is 15.0. The van der Waals surface area contributed by atoms with Crippen LogP contribution in [0.3, 0.4) is 0 Å². The van der Waals surface area contributed by atoms with Gasteiger partial charge >= 0.3 is 0 Å². The fraction of sp³-hybridized carbons (Fsp3) is 0.0455. The summed E-state index contributed by atoms with van der Waals surface area (Å²) in [4.78, 5) is 0. The number of hydrogen-bond acceptors (Lipinski definition) is 4. The summed E-state index contributed by atoms with van der Waals surface area (Å²) >= 11 is 0. The van der Waals surface area contributed by atoms with Crippen LogP contribution < -0.4 is 22.8 Å². The van der Waals surface area contributed by atoms with Gasteiger partial charge in [-0.2, -0.15) is 18.5 Å².